The Labute approximate surface area is 122 Å². The van der Waals surface area contributed by atoms with Crippen LogP contribution >= 0.6 is 0 Å². The van der Waals surface area contributed by atoms with Crippen LogP contribution in [0.15, 0.2) is 24.3 Å². The molecular weight excluding hydrogens is 250 g/mol. The van der Waals surface area contributed by atoms with E-state index < -0.39 is 0 Å². The van der Waals surface area contributed by atoms with Gasteiger partial charge >= 0.3 is 0 Å². The van der Waals surface area contributed by atoms with E-state index in [2.05, 4.69) is 36.2 Å². The maximum Gasteiger partial charge on any atom is 0.239 e. The van der Waals surface area contributed by atoms with Gasteiger partial charge < -0.3 is 16.0 Å². The number of nitrogens with one attached hydrogen (secondary N) is 1. The Hall–Kier alpha value is -1.55. The van der Waals surface area contributed by atoms with E-state index in [1.807, 2.05) is 12.1 Å². The van der Waals surface area contributed by atoms with Crippen molar-refractivity contribution in [2.45, 2.75) is 33.1 Å². The molecule has 0 saturated carbocycles. The molecule has 112 valence electrons. The van der Waals surface area contributed by atoms with Crippen LogP contribution in [0.3, 0.4) is 0 Å². The first-order valence-corrected chi connectivity index (χ1v) is 7.46. The number of nitrogens with two attached hydrogens (primary N) is 1. The van der Waals surface area contributed by atoms with Gasteiger partial charge in [0.25, 0.3) is 0 Å². The largest absolute Gasteiger partial charge is 0.362 e. The number of unbranched alkanes of at least 4 members (excludes halogenated alkanes) is 1. The number of anilines is 1. The van der Waals surface area contributed by atoms with E-state index in [4.69, 9.17) is 5.73 Å². The van der Waals surface area contributed by atoms with Crippen molar-refractivity contribution in [2.24, 2.45) is 5.73 Å². The summed E-state index contributed by atoms with van der Waals surface area (Å²) in [5.74, 6) is 0.0822. The van der Waals surface area contributed by atoms with Gasteiger partial charge in [0.2, 0.25) is 5.91 Å². The Bertz CT molecular complexity index is 406. The summed E-state index contributed by atoms with van der Waals surface area (Å²) in [7, 11) is 0. The molecule has 0 aromatic heterocycles. The number of amides is 1. The van der Waals surface area contributed by atoms with E-state index in [0.717, 1.165) is 38.0 Å². The molecule has 0 unspecified atom stereocenters. The fraction of sp³-hybridized carbons (Fsp3) is 0.562. The van der Waals surface area contributed by atoms with Crippen LogP contribution in [0.5, 0.6) is 0 Å². The van der Waals surface area contributed by atoms with Crippen LogP contribution in [0.2, 0.25) is 0 Å². The lowest BCUT2D eigenvalue weighted by Gasteiger charge is -2.25. The highest BCUT2D eigenvalue weighted by Gasteiger charge is 2.12. The lowest BCUT2D eigenvalue weighted by atomic mass is 10.1. The van der Waals surface area contributed by atoms with Crippen molar-refractivity contribution in [3.05, 3.63) is 29.8 Å². The summed E-state index contributed by atoms with van der Waals surface area (Å²) in [4.78, 5) is 14.1. The first-order valence-electron chi connectivity index (χ1n) is 7.46. The smallest absolute Gasteiger partial charge is 0.239 e. The monoisotopic (exact) mass is 277 g/mol. The predicted molar refractivity (Wildman–Crippen MR) is 85.0 cm³/mol. The number of rotatable bonds is 9. The average molecular weight is 277 g/mol. The van der Waals surface area contributed by atoms with Gasteiger partial charge in [-0.3, -0.25) is 4.79 Å². The summed E-state index contributed by atoms with van der Waals surface area (Å²) < 4.78 is 0. The van der Waals surface area contributed by atoms with Gasteiger partial charge in [0, 0.05) is 18.8 Å². The zero-order valence-corrected chi connectivity index (χ0v) is 12.7. The minimum Gasteiger partial charge on any atom is -0.362 e. The van der Waals surface area contributed by atoms with E-state index in [1.165, 1.54) is 5.56 Å². The molecule has 0 radical (unpaired) electrons. The van der Waals surface area contributed by atoms with Crippen LogP contribution in [-0.2, 0) is 4.79 Å². The van der Waals surface area contributed by atoms with Gasteiger partial charge in [-0.05, 0) is 37.9 Å². The Morgan fingerprint density at radius 2 is 2.05 bits per heavy atom. The Balaban J connectivity index is 2.65. The summed E-state index contributed by atoms with van der Waals surface area (Å²) in [5.41, 5.74) is 7.90. The van der Waals surface area contributed by atoms with E-state index in [1.54, 1.807) is 0 Å². The second kappa shape index (κ2) is 9.37. The van der Waals surface area contributed by atoms with Crippen molar-refractivity contribution in [2.75, 3.05) is 31.1 Å². The van der Waals surface area contributed by atoms with Gasteiger partial charge in [-0.2, -0.15) is 0 Å². The molecule has 4 nitrogen and oxygen atoms in total. The maximum atomic E-state index is 12.0. The quantitative estimate of drug-likeness (QED) is 0.679. The number of nitrogens with zero attached hydrogens (tertiary/aromatic N) is 1. The standard InChI is InChI=1S/C16H27N3O/c1-3-4-11-18-16(20)13-19(12-7-10-17)15-9-6-5-8-14(15)2/h5-6,8-9H,3-4,7,10-13,17H2,1-2H3,(H,18,20). The van der Waals surface area contributed by atoms with Crippen molar-refractivity contribution in [3.63, 3.8) is 0 Å². The van der Waals surface area contributed by atoms with Gasteiger partial charge in [-0.25, -0.2) is 0 Å². The summed E-state index contributed by atoms with van der Waals surface area (Å²) in [6.07, 6.45) is 3.00. The lowest BCUT2D eigenvalue weighted by molar-refractivity contribution is -0.119. The topological polar surface area (TPSA) is 58.4 Å². The molecule has 1 rings (SSSR count). The van der Waals surface area contributed by atoms with Crippen LogP contribution < -0.4 is 16.0 Å². The molecule has 0 spiro atoms. The van der Waals surface area contributed by atoms with E-state index >= 15 is 0 Å². The number of para-hydroxylation sites is 1. The molecule has 0 atom stereocenters. The third-order valence-corrected chi connectivity index (χ3v) is 3.28. The number of benzene rings is 1. The summed E-state index contributed by atoms with van der Waals surface area (Å²) in [5, 5.41) is 2.97. The molecule has 0 bridgehead atoms. The molecule has 0 heterocycles. The second-order valence-electron chi connectivity index (χ2n) is 5.05. The zero-order valence-electron chi connectivity index (χ0n) is 12.7. The van der Waals surface area contributed by atoms with Crippen molar-refractivity contribution >= 4 is 11.6 Å². The zero-order chi connectivity index (χ0) is 14.8. The maximum absolute atomic E-state index is 12.0. The van der Waals surface area contributed by atoms with Crippen molar-refractivity contribution in [3.8, 4) is 0 Å². The Kier molecular flexibility index (Phi) is 7.73. The number of hydrogen-bond acceptors (Lipinski definition) is 3. The van der Waals surface area contributed by atoms with Crippen molar-refractivity contribution < 1.29 is 4.79 Å². The molecule has 20 heavy (non-hydrogen) atoms. The van der Waals surface area contributed by atoms with Crippen LogP contribution in [0.25, 0.3) is 0 Å². The Morgan fingerprint density at radius 1 is 1.30 bits per heavy atom. The van der Waals surface area contributed by atoms with Crippen LogP contribution in [-0.4, -0.2) is 32.1 Å². The second-order valence-corrected chi connectivity index (χ2v) is 5.05. The SMILES string of the molecule is CCCCNC(=O)CN(CCCN)c1ccccc1C. The minimum absolute atomic E-state index is 0.0822. The molecule has 3 N–H and O–H groups in total. The van der Waals surface area contributed by atoms with Gasteiger partial charge in [0.05, 0.1) is 6.54 Å². The first-order chi connectivity index (χ1) is 9.69. The van der Waals surface area contributed by atoms with Gasteiger partial charge in [-0.15, -0.1) is 0 Å². The van der Waals surface area contributed by atoms with E-state index in [0.29, 0.717) is 13.1 Å². The molecule has 0 fully saturated rings. The van der Waals surface area contributed by atoms with E-state index in [-0.39, 0.29) is 5.91 Å². The molecule has 1 aromatic rings. The number of hydrogen-bond donors (Lipinski definition) is 2. The van der Waals surface area contributed by atoms with Crippen LogP contribution in [0, 0.1) is 6.92 Å². The molecular formula is C16H27N3O. The molecule has 0 saturated heterocycles. The molecule has 0 aliphatic rings. The minimum atomic E-state index is 0.0822. The summed E-state index contributed by atoms with van der Waals surface area (Å²) in [6, 6.07) is 8.15. The third-order valence-electron chi connectivity index (χ3n) is 3.28. The highest BCUT2D eigenvalue weighted by molar-refractivity contribution is 5.81. The first kappa shape index (κ1) is 16.5. The number of carbonyl (C=O) groups excluding carboxylic acids is 1. The molecule has 4 heteroatoms. The number of carbonyl (C=O) groups is 1. The van der Waals surface area contributed by atoms with Crippen LogP contribution in [0.4, 0.5) is 5.69 Å². The summed E-state index contributed by atoms with van der Waals surface area (Å²) >= 11 is 0. The fourth-order valence-corrected chi connectivity index (χ4v) is 2.12. The molecule has 0 aliphatic carbocycles. The van der Waals surface area contributed by atoms with E-state index in [9.17, 15) is 4.79 Å². The van der Waals surface area contributed by atoms with Crippen LogP contribution in [0.1, 0.15) is 31.7 Å². The number of aryl methyl sites for hydroxylation is 1. The average Bonchev–Trinajstić information content (AvgIpc) is 2.44. The predicted octanol–water partition coefficient (Wildman–Crippen LogP) is 2.07. The van der Waals surface area contributed by atoms with Crippen molar-refractivity contribution in [1.29, 1.82) is 0 Å². The van der Waals surface area contributed by atoms with Gasteiger partial charge in [0.1, 0.15) is 0 Å². The normalized spacial score (nSPS) is 10.3. The molecule has 0 aliphatic heterocycles. The summed E-state index contributed by atoms with van der Waals surface area (Å²) in [6.45, 7) is 6.79. The van der Waals surface area contributed by atoms with Crippen molar-refractivity contribution in [1.82, 2.24) is 5.32 Å². The lowest BCUT2D eigenvalue weighted by Crippen LogP contribution is -2.39. The highest BCUT2D eigenvalue weighted by atomic mass is 16.2. The fourth-order valence-electron chi connectivity index (χ4n) is 2.12. The third kappa shape index (κ3) is 5.61. The van der Waals surface area contributed by atoms with Gasteiger partial charge in [-0.1, -0.05) is 31.5 Å². The highest BCUT2D eigenvalue weighted by Crippen LogP contribution is 2.19. The molecule has 1 amide bonds. The molecule has 1 aromatic carbocycles. The van der Waals surface area contributed by atoms with Gasteiger partial charge in [0.15, 0.2) is 0 Å². The Morgan fingerprint density at radius 3 is 2.70 bits per heavy atom.